The van der Waals surface area contributed by atoms with Crippen LogP contribution in [0.3, 0.4) is 0 Å². The molecular formula is C17H21NO2. The van der Waals surface area contributed by atoms with Gasteiger partial charge in [0.25, 0.3) is 0 Å². The second kappa shape index (κ2) is 6.96. The summed E-state index contributed by atoms with van der Waals surface area (Å²) in [4.78, 5) is 0. The van der Waals surface area contributed by atoms with E-state index in [9.17, 15) is 0 Å². The first kappa shape index (κ1) is 14.4. The minimum atomic E-state index is 0.135. The molecule has 2 aromatic carbocycles. The highest BCUT2D eigenvalue weighted by Gasteiger charge is 2.07. The van der Waals surface area contributed by atoms with Gasteiger partial charge >= 0.3 is 0 Å². The molecule has 0 amide bonds. The molecule has 0 saturated carbocycles. The topological polar surface area (TPSA) is 44.5 Å². The van der Waals surface area contributed by atoms with Crippen LogP contribution in [0, 0.1) is 0 Å². The Kier molecular flexibility index (Phi) is 5.02. The summed E-state index contributed by atoms with van der Waals surface area (Å²) >= 11 is 0. The minimum absolute atomic E-state index is 0.135. The van der Waals surface area contributed by atoms with Gasteiger partial charge in [0.05, 0.1) is 7.11 Å². The van der Waals surface area contributed by atoms with E-state index in [2.05, 4.69) is 0 Å². The van der Waals surface area contributed by atoms with E-state index < -0.39 is 0 Å². The van der Waals surface area contributed by atoms with Crippen molar-refractivity contribution in [3.63, 3.8) is 0 Å². The van der Waals surface area contributed by atoms with Gasteiger partial charge in [-0.15, -0.1) is 0 Å². The Bertz CT molecular complexity index is 538. The van der Waals surface area contributed by atoms with Crippen molar-refractivity contribution in [1.82, 2.24) is 0 Å². The largest absolute Gasteiger partial charge is 0.493 e. The predicted octanol–water partition coefficient (Wildman–Crippen LogP) is 3.16. The maximum absolute atomic E-state index is 5.82. The Morgan fingerprint density at radius 1 is 1.00 bits per heavy atom. The van der Waals surface area contributed by atoms with Gasteiger partial charge in [-0.3, -0.25) is 0 Å². The first-order valence-corrected chi connectivity index (χ1v) is 6.78. The molecule has 106 valence electrons. The summed E-state index contributed by atoms with van der Waals surface area (Å²) in [5, 5.41) is 0. The van der Waals surface area contributed by atoms with Crippen molar-refractivity contribution in [3.8, 4) is 11.5 Å². The molecule has 2 N–H and O–H groups in total. The predicted molar refractivity (Wildman–Crippen MR) is 81.1 cm³/mol. The summed E-state index contributed by atoms with van der Waals surface area (Å²) in [6.07, 6.45) is 0.829. The standard InChI is InChI=1S/C17H21NO2/c1-13(18)10-15-8-9-16(17(11-15)19-2)20-12-14-6-4-3-5-7-14/h3-9,11,13H,10,12,18H2,1-2H3. The fourth-order valence-corrected chi connectivity index (χ4v) is 2.07. The molecule has 20 heavy (non-hydrogen) atoms. The van der Waals surface area contributed by atoms with Crippen LogP contribution < -0.4 is 15.2 Å². The van der Waals surface area contributed by atoms with Gasteiger partial charge in [0.1, 0.15) is 6.61 Å². The molecule has 2 rings (SSSR count). The zero-order valence-corrected chi connectivity index (χ0v) is 12.0. The van der Waals surface area contributed by atoms with Crippen LogP contribution in [0.2, 0.25) is 0 Å². The first-order chi connectivity index (χ1) is 9.69. The third-order valence-electron chi connectivity index (χ3n) is 3.02. The Labute approximate surface area is 120 Å². The second-order valence-electron chi connectivity index (χ2n) is 4.94. The minimum Gasteiger partial charge on any atom is -0.493 e. The number of rotatable bonds is 6. The lowest BCUT2D eigenvalue weighted by molar-refractivity contribution is 0.284. The van der Waals surface area contributed by atoms with Gasteiger partial charge in [-0.25, -0.2) is 0 Å². The molecule has 2 aromatic rings. The number of methoxy groups -OCH3 is 1. The zero-order valence-electron chi connectivity index (χ0n) is 12.0. The molecule has 0 fully saturated rings. The average molecular weight is 271 g/mol. The Hall–Kier alpha value is -2.00. The smallest absolute Gasteiger partial charge is 0.161 e. The zero-order chi connectivity index (χ0) is 14.4. The number of benzene rings is 2. The van der Waals surface area contributed by atoms with Gasteiger partial charge in [-0.2, -0.15) is 0 Å². The van der Waals surface area contributed by atoms with E-state index in [1.807, 2.05) is 55.5 Å². The van der Waals surface area contributed by atoms with Gasteiger partial charge in [0, 0.05) is 6.04 Å². The monoisotopic (exact) mass is 271 g/mol. The summed E-state index contributed by atoms with van der Waals surface area (Å²) in [6.45, 7) is 2.52. The highest BCUT2D eigenvalue weighted by Crippen LogP contribution is 2.29. The van der Waals surface area contributed by atoms with Crippen molar-refractivity contribution in [2.75, 3.05) is 7.11 Å². The molecule has 1 unspecified atom stereocenters. The number of hydrogen-bond acceptors (Lipinski definition) is 3. The molecule has 0 aromatic heterocycles. The van der Waals surface area contributed by atoms with E-state index >= 15 is 0 Å². The number of nitrogens with two attached hydrogens (primary N) is 1. The van der Waals surface area contributed by atoms with E-state index in [1.165, 1.54) is 0 Å². The van der Waals surface area contributed by atoms with Gasteiger partial charge in [0.15, 0.2) is 11.5 Å². The van der Waals surface area contributed by atoms with Crippen molar-refractivity contribution in [1.29, 1.82) is 0 Å². The fraction of sp³-hybridized carbons (Fsp3) is 0.294. The molecule has 0 aliphatic rings. The summed E-state index contributed by atoms with van der Waals surface area (Å²) in [6, 6.07) is 16.2. The molecule has 3 heteroatoms. The van der Waals surface area contributed by atoms with Crippen molar-refractivity contribution >= 4 is 0 Å². The lowest BCUT2D eigenvalue weighted by Crippen LogP contribution is -2.17. The quantitative estimate of drug-likeness (QED) is 0.877. The van der Waals surface area contributed by atoms with Gasteiger partial charge in [0.2, 0.25) is 0 Å². The lowest BCUT2D eigenvalue weighted by atomic mass is 10.1. The van der Waals surface area contributed by atoms with Crippen LogP contribution >= 0.6 is 0 Å². The molecule has 0 spiro atoms. The van der Waals surface area contributed by atoms with Crippen molar-refractivity contribution in [2.24, 2.45) is 5.73 Å². The SMILES string of the molecule is COc1cc(CC(C)N)ccc1OCc1ccccc1. The summed E-state index contributed by atoms with van der Waals surface area (Å²) in [5.41, 5.74) is 8.11. The van der Waals surface area contributed by atoms with Crippen molar-refractivity contribution in [3.05, 3.63) is 59.7 Å². The molecular weight excluding hydrogens is 250 g/mol. The Morgan fingerprint density at radius 2 is 1.75 bits per heavy atom. The van der Waals surface area contributed by atoms with E-state index in [-0.39, 0.29) is 6.04 Å². The molecule has 3 nitrogen and oxygen atoms in total. The molecule has 0 aliphatic heterocycles. The van der Waals surface area contributed by atoms with Crippen molar-refractivity contribution < 1.29 is 9.47 Å². The maximum atomic E-state index is 5.82. The van der Waals surface area contributed by atoms with Gasteiger partial charge in [-0.1, -0.05) is 36.4 Å². The maximum Gasteiger partial charge on any atom is 0.161 e. The Morgan fingerprint density at radius 3 is 2.40 bits per heavy atom. The highest BCUT2D eigenvalue weighted by atomic mass is 16.5. The van der Waals surface area contributed by atoms with Gasteiger partial charge in [-0.05, 0) is 36.6 Å². The summed E-state index contributed by atoms with van der Waals surface area (Å²) in [7, 11) is 1.65. The third kappa shape index (κ3) is 4.00. The normalized spacial score (nSPS) is 11.9. The molecule has 0 heterocycles. The van der Waals surface area contributed by atoms with Crippen LogP contribution in [-0.2, 0) is 13.0 Å². The van der Waals surface area contributed by atoms with E-state index in [4.69, 9.17) is 15.2 Å². The van der Waals surface area contributed by atoms with E-state index in [1.54, 1.807) is 7.11 Å². The van der Waals surface area contributed by atoms with Gasteiger partial charge < -0.3 is 15.2 Å². The summed E-state index contributed by atoms with van der Waals surface area (Å²) in [5.74, 6) is 1.50. The molecule has 0 radical (unpaired) electrons. The average Bonchev–Trinajstić information content (AvgIpc) is 2.46. The number of ether oxygens (including phenoxy) is 2. The fourth-order valence-electron chi connectivity index (χ4n) is 2.07. The Balaban J connectivity index is 2.07. The van der Waals surface area contributed by atoms with Crippen LogP contribution in [0.4, 0.5) is 0 Å². The molecule has 0 bridgehead atoms. The number of hydrogen-bond donors (Lipinski definition) is 1. The van der Waals surface area contributed by atoms with Crippen molar-refractivity contribution in [2.45, 2.75) is 26.0 Å². The van der Waals surface area contributed by atoms with Crippen LogP contribution in [0.15, 0.2) is 48.5 Å². The highest BCUT2D eigenvalue weighted by molar-refractivity contribution is 5.43. The third-order valence-corrected chi connectivity index (χ3v) is 3.02. The van der Waals surface area contributed by atoms with Crippen LogP contribution in [0.5, 0.6) is 11.5 Å². The molecule has 0 saturated heterocycles. The summed E-state index contributed by atoms with van der Waals surface area (Å²) < 4.78 is 11.2. The van der Waals surface area contributed by atoms with Crippen LogP contribution in [0.25, 0.3) is 0 Å². The van der Waals surface area contributed by atoms with E-state index in [0.29, 0.717) is 6.61 Å². The molecule has 1 atom stereocenters. The van der Waals surface area contributed by atoms with Crippen LogP contribution in [-0.4, -0.2) is 13.2 Å². The lowest BCUT2D eigenvalue weighted by Gasteiger charge is -2.13. The van der Waals surface area contributed by atoms with E-state index in [0.717, 1.165) is 29.0 Å². The second-order valence-corrected chi connectivity index (χ2v) is 4.94. The van der Waals surface area contributed by atoms with Crippen LogP contribution in [0.1, 0.15) is 18.1 Å². The molecule has 0 aliphatic carbocycles. The first-order valence-electron chi connectivity index (χ1n) is 6.78.